The Kier molecular flexibility index (Phi) is 7.72. The molecule has 1 heterocycles. The zero-order valence-corrected chi connectivity index (χ0v) is 18.2. The van der Waals surface area contributed by atoms with E-state index in [1.165, 1.54) is 7.11 Å². The molecule has 8 heteroatoms. The van der Waals surface area contributed by atoms with Gasteiger partial charge in [-0.1, -0.05) is 36.4 Å². The quantitative estimate of drug-likeness (QED) is 0.601. The van der Waals surface area contributed by atoms with Gasteiger partial charge in [0.15, 0.2) is 11.5 Å². The number of carbonyl (C=O) groups excluding carboxylic acids is 3. The Morgan fingerprint density at radius 1 is 1.06 bits per heavy atom. The Morgan fingerprint density at radius 2 is 1.81 bits per heavy atom. The highest BCUT2D eigenvalue weighted by Gasteiger charge is 2.34. The number of nitrogens with zero attached hydrogens (tertiary/aromatic N) is 1. The number of methoxy groups -OCH3 is 2. The van der Waals surface area contributed by atoms with Gasteiger partial charge in [0, 0.05) is 19.5 Å². The molecule has 1 saturated heterocycles. The van der Waals surface area contributed by atoms with Crippen LogP contribution in [0.4, 0.5) is 4.79 Å². The molecule has 0 bridgehead atoms. The summed E-state index contributed by atoms with van der Waals surface area (Å²) in [4.78, 5) is 38.4. The van der Waals surface area contributed by atoms with Crippen molar-refractivity contribution in [3.05, 3.63) is 64.6 Å². The average Bonchev–Trinajstić information content (AvgIpc) is 3.05. The van der Waals surface area contributed by atoms with Crippen LogP contribution < -0.4 is 14.8 Å². The standard InChI is InChI=1S/C23H24N2O5S/c1-29-18-10-8-17(14-19(18)30-2)15-20-22(27)25(23(28)31-20)13-12-24-21(26)11-9-16-6-4-3-5-7-16/h3-8,10,14-15H,9,11-13H2,1-2H3,(H,24,26). The molecular formula is C23H24N2O5S. The van der Waals surface area contributed by atoms with Gasteiger partial charge in [0.2, 0.25) is 5.91 Å². The number of hydrogen-bond donors (Lipinski definition) is 1. The summed E-state index contributed by atoms with van der Waals surface area (Å²) >= 11 is 0.880. The summed E-state index contributed by atoms with van der Waals surface area (Å²) in [5, 5.41) is 2.42. The maximum Gasteiger partial charge on any atom is 0.293 e. The van der Waals surface area contributed by atoms with Gasteiger partial charge in [-0.15, -0.1) is 0 Å². The van der Waals surface area contributed by atoms with Gasteiger partial charge < -0.3 is 14.8 Å². The van der Waals surface area contributed by atoms with Crippen molar-refractivity contribution in [1.82, 2.24) is 10.2 Å². The number of amides is 3. The first-order valence-electron chi connectivity index (χ1n) is 9.80. The van der Waals surface area contributed by atoms with Crippen LogP contribution in [0.3, 0.4) is 0 Å². The van der Waals surface area contributed by atoms with Crippen molar-refractivity contribution in [3.63, 3.8) is 0 Å². The van der Waals surface area contributed by atoms with Crippen LogP contribution in [-0.2, 0) is 16.0 Å². The predicted molar refractivity (Wildman–Crippen MR) is 120 cm³/mol. The molecule has 0 saturated carbocycles. The molecule has 0 atom stereocenters. The largest absolute Gasteiger partial charge is 0.493 e. The highest BCUT2D eigenvalue weighted by atomic mass is 32.2. The molecule has 1 aliphatic heterocycles. The Balaban J connectivity index is 1.53. The van der Waals surface area contributed by atoms with E-state index in [2.05, 4.69) is 5.32 Å². The summed E-state index contributed by atoms with van der Waals surface area (Å²) < 4.78 is 10.5. The van der Waals surface area contributed by atoms with E-state index >= 15 is 0 Å². The lowest BCUT2D eigenvalue weighted by molar-refractivity contribution is -0.124. The normalized spacial score (nSPS) is 14.8. The Bertz CT molecular complexity index is 991. The second-order valence-electron chi connectivity index (χ2n) is 6.78. The first-order valence-corrected chi connectivity index (χ1v) is 10.6. The number of hydrogen-bond acceptors (Lipinski definition) is 6. The van der Waals surface area contributed by atoms with Crippen LogP contribution in [-0.4, -0.2) is 49.3 Å². The van der Waals surface area contributed by atoms with Gasteiger partial charge in [0.1, 0.15) is 0 Å². The maximum atomic E-state index is 12.6. The summed E-state index contributed by atoms with van der Waals surface area (Å²) in [6, 6.07) is 15.0. The second-order valence-corrected chi connectivity index (χ2v) is 7.78. The maximum absolute atomic E-state index is 12.6. The number of ether oxygens (including phenoxy) is 2. The number of imide groups is 1. The number of nitrogens with one attached hydrogen (secondary N) is 1. The fourth-order valence-corrected chi connectivity index (χ4v) is 3.95. The number of aryl methyl sites for hydroxylation is 1. The van der Waals surface area contributed by atoms with E-state index in [0.29, 0.717) is 29.2 Å². The van der Waals surface area contributed by atoms with E-state index in [9.17, 15) is 14.4 Å². The summed E-state index contributed by atoms with van der Waals surface area (Å²) in [6.45, 7) is 0.348. The SMILES string of the molecule is COc1ccc(C=C2SC(=O)N(CCNC(=O)CCc3ccccc3)C2=O)cc1OC. The van der Waals surface area contributed by atoms with Crippen molar-refractivity contribution in [2.45, 2.75) is 12.8 Å². The molecule has 1 aliphatic rings. The number of thioether (sulfide) groups is 1. The molecule has 7 nitrogen and oxygen atoms in total. The van der Waals surface area contributed by atoms with Gasteiger partial charge in [-0.25, -0.2) is 0 Å². The van der Waals surface area contributed by atoms with Crippen LogP contribution in [0.25, 0.3) is 6.08 Å². The highest BCUT2D eigenvalue weighted by Crippen LogP contribution is 2.34. The first-order chi connectivity index (χ1) is 15.0. The average molecular weight is 441 g/mol. The molecule has 0 unspecified atom stereocenters. The first kappa shape index (κ1) is 22.4. The van der Waals surface area contributed by atoms with Gasteiger partial charge in [0.05, 0.1) is 19.1 Å². The Hall–Kier alpha value is -3.26. The van der Waals surface area contributed by atoms with Crippen LogP contribution in [0.2, 0.25) is 0 Å². The predicted octanol–water partition coefficient (Wildman–Crippen LogP) is 3.49. The lowest BCUT2D eigenvalue weighted by Gasteiger charge is -2.13. The number of carbonyl (C=O) groups is 3. The van der Waals surface area contributed by atoms with E-state index in [1.54, 1.807) is 31.4 Å². The molecule has 3 amide bonds. The minimum atomic E-state index is -0.372. The smallest absolute Gasteiger partial charge is 0.293 e. The number of benzene rings is 2. The van der Waals surface area contributed by atoms with Crippen molar-refractivity contribution < 1.29 is 23.9 Å². The van der Waals surface area contributed by atoms with Gasteiger partial charge >= 0.3 is 0 Å². The third-order valence-electron chi connectivity index (χ3n) is 4.72. The zero-order valence-electron chi connectivity index (χ0n) is 17.4. The molecule has 0 aliphatic carbocycles. The number of rotatable bonds is 9. The minimum Gasteiger partial charge on any atom is -0.493 e. The Labute approximate surface area is 185 Å². The molecule has 0 spiro atoms. The highest BCUT2D eigenvalue weighted by molar-refractivity contribution is 8.18. The molecule has 3 rings (SSSR count). The van der Waals surface area contributed by atoms with E-state index in [4.69, 9.17) is 9.47 Å². The van der Waals surface area contributed by atoms with E-state index < -0.39 is 0 Å². The van der Waals surface area contributed by atoms with E-state index in [-0.39, 0.29) is 30.1 Å². The van der Waals surface area contributed by atoms with Crippen molar-refractivity contribution in [3.8, 4) is 11.5 Å². The van der Waals surface area contributed by atoms with Crippen LogP contribution in [0, 0.1) is 0 Å². The van der Waals surface area contributed by atoms with Crippen LogP contribution in [0.1, 0.15) is 17.5 Å². The minimum absolute atomic E-state index is 0.114. The summed E-state index contributed by atoms with van der Waals surface area (Å²) in [5.74, 6) is 0.629. The van der Waals surface area contributed by atoms with E-state index in [1.807, 2.05) is 30.3 Å². The third kappa shape index (κ3) is 5.88. The van der Waals surface area contributed by atoms with Gasteiger partial charge in [-0.2, -0.15) is 0 Å². The third-order valence-corrected chi connectivity index (χ3v) is 5.63. The summed E-state index contributed by atoms with van der Waals surface area (Å²) in [6.07, 6.45) is 2.64. The van der Waals surface area contributed by atoms with Crippen molar-refractivity contribution in [2.75, 3.05) is 27.3 Å². The molecule has 0 radical (unpaired) electrons. The van der Waals surface area contributed by atoms with Crippen molar-refractivity contribution in [2.24, 2.45) is 0 Å². The van der Waals surface area contributed by atoms with Crippen LogP contribution in [0.5, 0.6) is 11.5 Å². The summed E-state index contributed by atoms with van der Waals surface area (Å²) in [7, 11) is 3.08. The molecule has 2 aromatic carbocycles. The zero-order chi connectivity index (χ0) is 22.2. The molecule has 1 N–H and O–H groups in total. The van der Waals surface area contributed by atoms with Gasteiger partial charge in [-0.05, 0) is 47.5 Å². The monoisotopic (exact) mass is 440 g/mol. The molecule has 162 valence electrons. The lowest BCUT2D eigenvalue weighted by Crippen LogP contribution is -2.37. The molecule has 2 aromatic rings. The molecule has 31 heavy (non-hydrogen) atoms. The van der Waals surface area contributed by atoms with Gasteiger partial charge in [-0.3, -0.25) is 19.3 Å². The topological polar surface area (TPSA) is 84.9 Å². The summed E-state index contributed by atoms with van der Waals surface area (Å²) in [5.41, 5.74) is 1.81. The fraction of sp³-hybridized carbons (Fsp3) is 0.261. The molecular weight excluding hydrogens is 416 g/mol. The Morgan fingerprint density at radius 3 is 2.52 bits per heavy atom. The van der Waals surface area contributed by atoms with E-state index in [0.717, 1.165) is 27.8 Å². The van der Waals surface area contributed by atoms with Crippen LogP contribution in [0.15, 0.2) is 53.4 Å². The molecule has 1 fully saturated rings. The lowest BCUT2D eigenvalue weighted by atomic mass is 10.1. The van der Waals surface area contributed by atoms with Crippen molar-refractivity contribution in [1.29, 1.82) is 0 Å². The van der Waals surface area contributed by atoms with Crippen LogP contribution >= 0.6 is 11.8 Å². The fourth-order valence-electron chi connectivity index (χ4n) is 3.08. The molecule has 0 aromatic heterocycles. The second kappa shape index (κ2) is 10.7. The van der Waals surface area contributed by atoms with Gasteiger partial charge in [0.25, 0.3) is 11.1 Å². The van der Waals surface area contributed by atoms with Crippen molar-refractivity contribution >= 4 is 34.9 Å².